The molecule has 0 amide bonds. The fourth-order valence-electron chi connectivity index (χ4n) is 11.3. The summed E-state index contributed by atoms with van der Waals surface area (Å²) in [7, 11) is 2.17. The van der Waals surface area contributed by atoms with Gasteiger partial charge in [0.15, 0.2) is 17.5 Å². The average molecular weight is 860 g/mol. The first kappa shape index (κ1) is 39.5. The number of nitrogens with one attached hydrogen (secondary N) is 2. The fourth-order valence-corrected chi connectivity index (χ4v) is 11.3. The third-order valence-electron chi connectivity index (χ3n) is 15.0. The van der Waals surface area contributed by atoms with Gasteiger partial charge in [-0.15, -0.1) is 0 Å². The van der Waals surface area contributed by atoms with Crippen molar-refractivity contribution in [3.8, 4) is 22.8 Å². The summed E-state index contributed by atoms with van der Waals surface area (Å²) in [6.45, 7) is 10.2. The highest BCUT2D eigenvalue weighted by molar-refractivity contribution is 5.64. The molecule has 2 saturated carbocycles. The van der Waals surface area contributed by atoms with Crippen molar-refractivity contribution in [3.05, 3.63) is 78.1 Å². The second-order valence-electron chi connectivity index (χ2n) is 18.9. The predicted molar refractivity (Wildman–Crippen MR) is 246 cm³/mol. The molecule has 330 valence electrons. The zero-order valence-electron chi connectivity index (χ0n) is 36.8. The number of fused-ring (bicyclic) bond motifs is 8. The number of hydrogen-bond acceptors (Lipinski definition) is 15. The molecule has 0 unspecified atom stereocenters. The predicted octanol–water partition coefficient (Wildman–Crippen LogP) is 4.97. The number of pyridine rings is 3. The first-order valence-corrected chi connectivity index (χ1v) is 23.6. The van der Waals surface area contributed by atoms with Gasteiger partial charge >= 0.3 is 0 Å². The Labute approximate surface area is 373 Å². The van der Waals surface area contributed by atoms with Crippen LogP contribution in [-0.2, 0) is 17.6 Å². The van der Waals surface area contributed by atoms with Crippen molar-refractivity contribution in [2.75, 3.05) is 92.9 Å². The minimum Gasteiger partial charge on any atom is -0.369 e. The monoisotopic (exact) mass is 859 g/mol. The number of anilines is 4. The number of piperazine rings is 2. The molecule has 10 heterocycles. The van der Waals surface area contributed by atoms with Crippen molar-refractivity contribution in [1.29, 1.82) is 0 Å². The van der Waals surface area contributed by atoms with E-state index in [0.717, 1.165) is 130 Å². The fraction of sp³-hybridized carbons (Fsp3) is 0.511. The smallest absolute Gasteiger partial charge is 0.253 e. The van der Waals surface area contributed by atoms with Gasteiger partial charge in [-0.05, 0) is 69.1 Å². The highest BCUT2D eigenvalue weighted by Gasteiger charge is 2.43. The first-order valence-electron chi connectivity index (χ1n) is 23.6. The van der Waals surface area contributed by atoms with Crippen LogP contribution in [0.2, 0.25) is 0 Å². The van der Waals surface area contributed by atoms with Crippen molar-refractivity contribution in [2.45, 2.75) is 81.8 Å². The van der Waals surface area contributed by atoms with Crippen LogP contribution in [0.4, 0.5) is 34.8 Å². The lowest BCUT2D eigenvalue weighted by molar-refractivity contribution is 0.226. The Morgan fingerprint density at radius 2 is 1.16 bits per heavy atom. The molecule has 0 radical (unpaired) electrons. The maximum Gasteiger partial charge on any atom is 0.253 e. The molecule has 2 aromatic rings. The van der Waals surface area contributed by atoms with Gasteiger partial charge in [0.1, 0.15) is 11.6 Å². The molecule has 64 heavy (non-hydrogen) atoms. The second-order valence-corrected chi connectivity index (χ2v) is 18.9. The van der Waals surface area contributed by atoms with Crippen LogP contribution >= 0.6 is 0 Å². The maximum atomic E-state index is 5.31. The highest BCUT2D eigenvalue weighted by Crippen LogP contribution is 2.45. The molecule has 0 aromatic carbocycles. The molecule has 0 atom stereocenters. The summed E-state index contributed by atoms with van der Waals surface area (Å²) < 4.78 is 4.81. The molecule has 2 aromatic heterocycles. The van der Waals surface area contributed by atoms with Crippen molar-refractivity contribution in [1.82, 2.24) is 53.8 Å². The Bertz CT molecular complexity index is 2710. The summed E-state index contributed by atoms with van der Waals surface area (Å²) in [6.07, 6.45) is 19.7. The Balaban J connectivity index is 0.762. The van der Waals surface area contributed by atoms with Gasteiger partial charge < -0.3 is 29.9 Å². The minimum atomic E-state index is -0.0366. The van der Waals surface area contributed by atoms with Crippen LogP contribution in [0.25, 0.3) is 22.8 Å². The Hall–Kier alpha value is -6.07. The molecule has 2 N–H and O–H groups in total. The number of aromatic nitrogens is 9. The third kappa shape index (κ3) is 7.22. The van der Waals surface area contributed by atoms with Gasteiger partial charge in [-0.25, -0.2) is 24.9 Å². The van der Waals surface area contributed by atoms with E-state index in [-0.39, 0.29) is 11.1 Å². The van der Waals surface area contributed by atoms with Gasteiger partial charge in [0.05, 0.1) is 46.1 Å². The molecule has 17 heteroatoms. The van der Waals surface area contributed by atoms with Crippen LogP contribution in [0.1, 0.15) is 69.9 Å². The van der Waals surface area contributed by atoms with E-state index in [1.54, 1.807) is 0 Å². The summed E-state index contributed by atoms with van der Waals surface area (Å²) in [5.41, 5.74) is 6.14. The molecule has 2 spiro atoms. The van der Waals surface area contributed by atoms with Crippen molar-refractivity contribution in [2.24, 2.45) is 9.98 Å². The van der Waals surface area contributed by atoms with Crippen LogP contribution < -0.4 is 31.7 Å². The largest absolute Gasteiger partial charge is 0.369 e. The van der Waals surface area contributed by atoms with Gasteiger partial charge in [0.2, 0.25) is 5.95 Å². The van der Waals surface area contributed by atoms with Crippen LogP contribution in [0, 0.1) is 0 Å². The van der Waals surface area contributed by atoms with Gasteiger partial charge in [-0.3, -0.25) is 9.47 Å². The number of hydrogen-bond donors (Lipinski definition) is 2. The first-order chi connectivity index (χ1) is 31.5. The summed E-state index contributed by atoms with van der Waals surface area (Å²) in [6, 6.07) is 12.5. The Morgan fingerprint density at radius 3 is 1.80 bits per heavy atom. The van der Waals surface area contributed by atoms with E-state index in [4.69, 9.17) is 39.9 Å². The molecule has 2 saturated heterocycles. The molecular formula is C47H57N17. The van der Waals surface area contributed by atoms with Crippen LogP contribution in [-0.4, -0.2) is 126 Å². The van der Waals surface area contributed by atoms with Crippen LogP contribution in [0.3, 0.4) is 0 Å². The van der Waals surface area contributed by atoms with E-state index in [9.17, 15) is 0 Å². The second kappa shape index (κ2) is 16.2. The van der Waals surface area contributed by atoms with Gasteiger partial charge in [-0.1, -0.05) is 38.5 Å². The lowest BCUT2D eigenvalue weighted by atomic mass is 9.81. The quantitative estimate of drug-likeness (QED) is 0.231. The molecule has 2 aliphatic carbocycles. The molecule has 10 aliphatic rings. The standard InChI is InChI=1S/C47H57N17/c1-59-18-22-61(23-19-59)34-9-11-39(48-27-34)56-44-51-29-36-37(54-45-53-32-47(16-6-3-7-17-47)64(45)42(36)58-44)30-60-20-24-62(25-21-60)35-10-12-38(49-28-35)55-43-50-26-33-8-13-40-52-31-46(14-4-2-5-15-46)63(40)41(33)57-43/h8-13,26-29,52H,2-7,14-25,30-32H2,1H3,(H,53,54). The zero-order valence-corrected chi connectivity index (χ0v) is 36.8. The van der Waals surface area contributed by atoms with Crippen molar-refractivity contribution < 1.29 is 0 Å². The molecule has 17 nitrogen and oxygen atoms in total. The molecular weight excluding hydrogens is 803 g/mol. The van der Waals surface area contributed by atoms with Crippen LogP contribution in [0.5, 0.6) is 0 Å². The topological polar surface area (TPSA) is 162 Å². The molecule has 12 rings (SSSR count). The van der Waals surface area contributed by atoms with E-state index in [1.807, 2.05) is 36.9 Å². The van der Waals surface area contributed by atoms with E-state index in [1.165, 1.54) is 51.4 Å². The van der Waals surface area contributed by atoms with Crippen molar-refractivity contribution >= 4 is 34.8 Å². The normalized spacial score (nSPS) is 21.5. The molecule has 0 bridgehead atoms. The number of nitrogens with zero attached hydrogens (tertiary/aromatic N) is 15. The SMILES string of the molecule is CN1CCN(c2ccc(N=c3ncc4c(CN5CCN(c6ccc(N=c7ncc8ccc9n(c-8n7)C7(CCCCC7)CN9)nc6)CC5)nc5n(c-4n3)C3(CCCCC3)CN5)nc2)CC1. The summed E-state index contributed by atoms with van der Waals surface area (Å²) in [4.78, 5) is 53.7. The van der Waals surface area contributed by atoms with E-state index < -0.39 is 0 Å². The molecule has 4 fully saturated rings. The lowest BCUT2D eigenvalue weighted by Gasteiger charge is -2.37. The third-order valence-corrected chi connectivity index (χ3v) is 15.0. The van der Waals surface area contributed by atoms with Crippen molar-refractivity contribution in [3.63, 3.8) is 0 Å². The van der Waals surface area contributed by atoms with Gasteiger partial charge in [0.25, 0.3) is 11.2 Å². The number of rotatable bonds is 6. The van der Waals surface area contributed by atoms with Gasteiger partial charge in [-0.2, -0.15) is 20.0 Å². The Kier molecular flexibility index (Phi) is 9.99. The summed E-state index contributed by atoms with van der Waals surface area (Å²) in [5, 5.41) is 7.36. The maximum absolute atomic E-state index is 5.31. The van der Waals surface area contributed by atoms with E-state index >= 15 is 0 Å². The zero-order chi connectivity index (χ0) is 42.7. The molecule has 8 aliphatic heterocycles. The minimum absolute atomic E-state index is 0.0366. The summed E-state index contributed by atoms with van der Waals surface area (Å²) in [5.74, 6) is 5.11. The van der Waals surface area contributed by atoms with Gasteiger partial charge in [0, 0.05) is 89.9 Å². The lowest BCUT2D eigenvalue weighted by Crippen LogP contribution is -2.46. The summed E-state index contributed by atoms with van der Waals surface area (Å²) >= 11 is 0. The van der Waals surface area contributed by atoms with E-state index in [0.29, 0.717) is 29.4 Å². The van der Waals surface area contributed by atoms with Crippen LogP contribution in [0.15, 0.2) is 71.2 Å². The highest BCUT2D eigenvalue weighted by atomic mass is 15.3. The Morgan fingerprint density at radius 1 is 0.562 bits per heavy atom. The average Bonchev–Trinajstić information content (AvgIpc) is 3.87. The van der Waals surface area contributed by atoms with E-state index in [2.05, 4.69) is 75.7 Å². The number of likely N-dealkylation sites (N-methyl/N-ethyl adjacent to an activating group) is 1.